The van der Waals surface area contributed by atoms with Gasteiger partial charge in [-0.15, -0.1) is 0 Å². The van der Waals surface area contributed by atoms with Gasteiger partial charge in [-0.05, 0) is 60.6 Å². The van der Waals surface area contributed by atoms with Crippen LogP contribution >= 0.6 is 22.6 Å². The highest BCUT2D eigenvalue weighted by molar-refractivity contribution is 14.1. The lowest BCUT2D eigenvalue weighted by molar-refractivity contribution is -0.126. The van der Waals surface area contributed by atoms with Crippen LogP contribution in [0.1, 0.15) is 87.1 Å². The van der Waals surface area contributed by atoms with Crippen LogP contribution in [-0.4, -0.2) is 28.7 Å². The molecule has 236 valence electrons. The number of alkyl halides is 1. The maximum absolute atomic E-state index is 12.3. The molecule has 4 aromatic rings. The second kappa shape index (κ2) is 14.1. The molecule has 45 heavy (non-hydrogen) atoms. The Hall–Kier alpha value is -3.13. The third-order valence-electron chi connectivity index (χ3n) is 8.53. The van der Waals surface area contributed by atoms with Gasteiger partial charge in [-0.3, -0.25) is 9.59 Å². The van der Waals surface area contributed by atoms with Crippen LogP contribution in [0.3, 0.4) is 0 Å². The summed E-state index contributed by atoms with van der Waals surface area (Å²) in [7, 11) is 1.74. The van der Waals surface area contributed by atoms with Crippen LogP contribution in [0.25, 0.3) is 22.3 Å². The highest BCUT2D eigenvalue weighted by Gasteiger charge is 2.30. The van der Waals surface area contributed by atoms with Gasteiger partial charge in [0, 0.05) is 30.8 Å². The van der Waals surface area contributed by atoms with E-state index in [0.29, 0.717) is 12.8 Å². The Bertz CT molecular complexity index is 1690. The van der Waals surface area contributed by atoms with Crippen molar-refractivity contribution in [3.05, 3.63) is 118 Å². The average Bonchev–Trinajstić information content (AvgIpc) is 3.48. The molecule has 0 aromatic heterocycles. The van der Waals surface area contributed by atoms with Crippen LogP contribution in [0.2, 0.25) is 0 Å². The topological polar surface area (TPSA) is 63.6 Å². The van der Waals surface area contributed by atoms with E-state index >= 15 is 0 Å². The zero-order valence-corrected chi connectivity index (χ0v) is 29.9. The minimum atomic E-state index is -0.583. The summed E-state index contributed by atoms with van der Waals surface area (Å²) in [6.45, 7) is 11.7. The smallest absolute Gasteiger partial charge is 0.142 e. The van der Waals surface area contributed by atoms with Crippen LogP contribution in [-0.2, 0) is 27.2 Å². The van der Waals surface area contributed by atoms with E-state index in [4.69, 9.17) is 4.74 Å². The van der Waals surface area contributed by atoms with Crippen LogP contribution < -0.4 is 0 Å². The number of hydrogen-bond donors (Lipinski definition) is 1. The van der Waals surface area contributed by atoms with Gasteiger partial charge in [-0.1, -0.05) is 149 Å². The third kappa shape index (κ3) is 7.48. The number of aliphatic hydroxyl groups excluding tert-OH is 1. The quantitative estimate of drug-likeness (QED) is 0.165. The fraction of sp³-hybridized carbons (Fsp3) is 0.350. The molecule has 0 heterocycles. The maximum atomic E-state index is 12.3. The predicted molar refractivity (Wildman–Crippen MR) is 193 cm³/mol. The number of methoxy groups -OCH3 is 1. The Labute approximate surface area is 282 Å². The first kappa shape index (κ1) is 34.7. The number of benzene rings is 4. The van der Waals surface area contributed by atoms with E-state index in [-0.39, 0.29) is 28.5 Å². The standard InChI is InChI=1S/C20H22O2.C19H20O2.CH3I/c1-20(2,3)18(21)12-13-9-10-15-14-7-5-6-8-16(14)19(22-4)17(15)11-13;1-19(2,3)17(20)11-12-8-9-14-13-6-4-5-7-15(13)18(21)16(14)10-12;1-2/h5-11,19H,12H2,1-4H3;4-10,18,21H,11H2,1-3H3;1H3. The van der Waals surface area contributed by atoms with Gasteiger partial charge in [-0.2, -0.15) is 0 Å². The van der Waals surface area contributed by atoms with Crippen LogP contribution in [0, 0.1) is 10.8 Å². The van der Waals surface area contributed by atoms with Crippen molar-refractivity contribution in [3.63, 3.8) is 0 Å². The molecule has 0 fully saturated rings. The second-order valence-electron chi connectivity index (χ2n) is 13.7. The molecular formula is C40H45IO4. The van der Waals surface area contributed by atoms with Crippen LogP contribution in [0.15, 0.2) is 84.9 Å². The predicted octanol–water partition coefficient (Wildman–Crippen LogP) is 9.52. The van der Waals surface area contributed by atoms with Crippen molar-refractivity contribution in [1.29, 1.82) is 0 Å². The largest absolute Gasteiger partial charge is 0.384 e. The number of carbonyl (C=O) groups is 2. The number of Topliss-reactive ketones (excluding diaryl/α,β-unsaturated/α-hetero) is 2. The van der Waals surface area contributed by atoms with E-state index in [1.807, 2.05) is 95.0 Å². The Morgan fingerprint density at radius 2 is 1.02 bits per heavy atom. The third-order valence-corrected chi connectivity index (χ3v) is 8.53. The van der Waals surface area contributed by atoms with Gasteiger partial charge >= 0.3 is 0 Å². The second-order valence-corrected chi connectivity index (χ2v) is 13.7. The normalized spacial score (nSPS) is 15.8. The van der Waals surface area contributed by atoms with Crippen molar-refractivity contribution >= 4 is 34.2 Å². The molecule has 2 aliphatic carbocycles. The highest BCUT2D eigenvalue weighted by atomic mass is 127. The summed E-state index contributed by atoms with van der Waals surface area (Å²) in [4.78, 5) is 26.4. The molecule has 0 bridgehead atoms. The number of halogens is 1. The van der Waals surface area contributed by atoms with E-state index in [9.17, 15) is 14.7 Å². The van der Waals surface area contributed by atoms with E-state index in [2.05, 4.69) is 59.0 Å². The molecule has 2 atom stereocenters. The number of aliphatic hydroxyl groups is 1. The summed E-state index contributed by atoms with van der Waals surface area (Å²) >= 11 is 2.15. The highest BCUT2D eigenvalue weighted by Crippen LogP contribution is 2.46. The zero-order chi connectivity index (χ0) is 33.1. The molecule has 0 aliphatic heterocycles. The van der Waals surface area contributed by atoms with Crippen molar-refractivity contribution in [3.8, 4) is 22.3 Å². The van der Waals surface area contributed by atoms with Gasteiger partial charge in [0.25, 0.3) is 0 Å². The Balaban J connectivity index is 0.000000194. The van der Waals surface area contributed by atoms with Gasteiger partial charge in [0.1, 0.15) is 23.8 Å². The maximum Gasteiger partial charge on any atom is 0.142 e. The minimum Gasteiger partial charge on any atom is -0.384 e. The van der Waals surface area contributed by atoms with Crippen LogP contribution in [0.4, 0.5) is 0 Å². The minimum absolute atomic E-state index is 0.0316. The first-order chi connectivity index (χ1) is 21.3. The Kier molecular flexibility index (Phi) is 10.9. The number of ether oxygens (including phenoxy) is 1. The van der Waals surface area contributed by atoms with Crippen molar-refractivity contribution in [2.45, 2.75) is 66.6 Å². The molecule has 1 N–H and O–H groups in total. The van der Waals surface area contributed by atoms with E-state index in [1.165, 1.54) is 22.3 Å². The van der Waals surface area contributed by atoms with Gasteiger partial charge < -0.3 is 9.84 Å². The van der Waals surface area contributed by atoms with Gasteiger partial charge in [0.2, 0.25) is 0 Å². The molecule has 0 radical (unpaired) electrons. The van der Waals surface area contributed by atoms with E-state index < -0.39 is 6.10 Å². The molecule has 2 aliphatic rings. The van der Waals surface area contributed by atoms with Crippen LogP contribution in [0.5, 0.6) is 0 Å². The lowest BCUT2D eigenvalue weighted by atomic mass is 9.86. The summed E-state index contributed by atoms with van der Waals surface area (Å²) in [5.41, 5.74) is 10.3. The summed E-state index contributed by atoms with van der Waals surface area (Å²) in [6.07, 6.45) is 0.278. The molecule has 0 saturated heterocycles. The molecule has 6 rings (SSSR count). The fourth-order valence-electron chi connectivity index (χ4n) is 5.82. The number of ketones is 2. The lowest BCUT2D eigenvalue weighted by Gasteiger charge is -2.17. The summed E-state index contributed by atoms with van der Waals surface area (Å²) in [5.74, 6) is 0.476. The molecule has 2 unspecified atom stereocenters. The first-order valence-electron chi connectivity index (χ1n) is 15.4. The molecule has 5 heteroatoms. The molecule has 0 spiro atoms. The number of carbonyl (C=O) groups excluding carboxylic acids is 2. The lowest BCUT2D eigenvalue weighted by Crippen LogP contribution is -2.22. The average molecular weight is 717 g/mol. The summed E-state index contributed by atoms with van der Waals surface area (Å²) in [5, 5.41) is 10.5. The molecule has 0 saturated carbocycles. The van der Waals surface area contributed by atoms with E-state index in [0.717, 1.165) is 33.4 Å². The molecular weight excluding hydrogens is 671 g/mol. The zero-order valence-electron chi connectivity index (χ0n) is 27.7. The number of hydrogen-bond acceptors (Lipinski definition) is 4. The Morgan fingerprint density at radius 3 is 1.51 bits per heavy atom. The Morgan fingerprint density at radius 1 is 0.622 bits per heavy atom. The van der Waals surface area contributed by atoms with Gasteiger partial charge in [0.15, 0.2) is 0 Å². The molecule has 4 nitrogen and oxygen atoms in total. The molecule has 0 amide bonds. The van der Waals surface area contributed by atoms with Crippen molar-refractivity contribution < 1.29 is 19.4 Å². The number of rotatable bonds is 5. The van der Waals surface area contributed by atoms with Crippen molar-refractivity contribution in [1.82, 2.24) is 0 Å². The fourth-order valence-corrected chi connectivity index (χ4v) is 5.82. The van der Waals surface area contributed by atoms with Crippen molar-refractivity contribution in [2.24, 2.45) is 10.8 Å². The van der Waals surface area contributed by atoms with Crippen molar-refractivity contribution in [2.75, 3.05) is 12.0 Å². The van der Waals surface area contributed by atoms with Gasteiger partial charge in [-0.25, -0.2) is 0 Å². The number of fused-ring (bicyclic) bond motifs is 6. The van der Waals surface area contributed by atoms with E-state index in [1.54, 1.807) is 7.11 Å². The monoisotopic (exact) mass is 716 g/mol. The first-order valence-corrected chi connectivity index (χ1v) is 17.5. The summed E-state index contributed by atoms with van der Waals surface area (Å²) < 4.78 is 5.71. The summed E-state index contributed by atoms with van der Waals surface area (Å²) in [6, 6.07) is 28.6. The SMILES string of the molecule is CC(C)(C)C(=O)Cc1ccc2c(c1)C(O)c1ccccc1-2.CI.COC1c2ccccc2-c2ccc(CC(=O)C(C)(C)C)cc21. The molecule has 4 aromatic carbocycles. The van der Waals surface area contributed by atoms with Gasteiger partial charge in [0.05, 0.1) is 0 Å².